The predicted molar refractivity (Wildman–Crippen MR) is 526 cm³/mol. The van der Waals surface area contributed by atoms with Crippen molar-refractivity contribution in [1.82, 2.24) is 0 Å². The number of rotatable bonds is 90. The fourth-order valence-electron chi connectivity index (χ4n) is 16.1. The topological polar surface area (TPSA) is 220 Å². The SMILES string of the molecule is CCCCCCCCCCC/C=C/CCCCCCCCCCOC(=O)c1cccc(S(=O)(=O)[O-])c1C(=O)OCCCCCCCCCC/C=C/CCCCCCCCCCC.CCCCCCCCCCC/C=C/CCCCCCCCCCOC(=O)c1cccc(S(=O)(=O)[O-])c1C(=O)OCCCCCCCCCC/C=C/CCCCCCCCCCC.[Ca+2]. The second-order valence-corrected chi connectivity index (χ2v) is 38.3. The number of ether oxygens (including phenoxy) is 4. The third-order valence-electron chi connectivity index (χ3n) is 24.0. The number of hydrogen-bond acceptors (Lipinski definition) is 14. The maximum Gasteiger partial charge on any atom is 2.00 e. The van der Waals surface area contributed by atoms with Crippen LogP contribution < -0.4 is 0 Å². The van der Waals surface area contributed by atoms with E-state index in [9.17, 15) is 45.1 Å². The molecule has 0 fully saturated rings. The Morgan fingerprint density at radius 1 is 0.224 bits per heavy atom. The van der Waals surface area contributed by atoms with E-state index in [1.807, 2.05) is 0 Å². The van der Waals surface area contributed by atoms with Crippen molar-refractivity contribution in [3.05, 3.63) is 107 Å². The Labute approximate surface area is 798 Å². The van der Waals surface area contributed by atoms with Crippen LogP contribution >= 0.6 is 0 Å². The summed E-state index contributed by atoms with van der Waals surface area (Å²) in [6.45, 7) is 9.56. The largest absolute Gasteiger partial charge is 2.00 e. The number of hydrogen-bond donors (Lipinski definition) is 0. The molecule has 0 aliphatic rings. The van der Waals surface area contributed by atoms with Gasteiger partial charge >= 0.3 is 61.6 Å². The standard InChI is InChI=1S/2C54H94O7S.Ca/c2*1-3-5-7-9-11-13-15-17-19-21-23-25-27-29-31-33-35-37-39-41-43-48-60-53(55)50-46-45-47-51(62(57,58)59)52(50)54(56)61-49-44-42-40-38-36-34-32-30-28-26-24-22-20-18-16-14-12-10-8-6-4-2;/h2*23-26,45-47H,3-22,27-44,48-49H2,1-2H3,(H,57,58,59);/q;;+2/p-2/b2*25-23+,26-24+;. The van der Waals surface area contributed by atoms with Gasteiger partial charge in [0.05, 0.1) is 58.5 Å². The summed E-state index contributed by atoms with van der Waals surface area (Å²) >= 11 is 0. The van der Waals surface area contributed by atoms with Crippen LogP contribution in [0.4, 0.5) is 0 Å². The minimum Gasteiger partial charge on any atom is -0.744 e. The first-order valence-electron chi connectivity index (χ1n) is 52.1. The molecule has 17 heteroatoms. The van der Waals surface area contributed by atoms with E-state index >= 15 is 0 Å². The molecule has 0 heterocycles. The van der Waals surface area contributed by atoms with Crippen molar-refractivity contribution < 1.29 is 64.1 Å². The Hall–Kier alpha value is -3.64. The van der Waals surface area contributed by atoms with E-state index in [1.165, 1.54) is 397 Å². The van der Waals surface area contributed by atoms with E-state index in [0.29, 0.717) is 25.7 Å². The Balaban J connectivity index is 0.00000244. The Kier molecular flexibility index (Phi) is 89.5. The minimum absolute atomic E-state index is 0. The van der Waals surface area contributed by atoms with E-state index < -0.39 is 65.0 Å². The Morgan fingerprint density at radius 3 is 0.528 bits per heavy atom. The van der Waals surface area contributed by atoms with Crippen molar-refractivity contribution in [1.29, 1.82) is 0 Å². The average Bonchev–Trinajstić information content (AvgIpc) is 0.795. The molecule has 2 aromatic carbocycles. The second kappa shape index (κ2) is 92.2. The third kappa shape index (κ3) is 76.6. The van der Waals surface area contributed by atoms with Crippen LogP contribution in [0.5, 0.6) is 0 Å². The fourth-order valence-corrected chi connectivity index (χ4v) is 17.5. The van der Waals surface area contributed by atoms with Crippen molar-refractivity contribution in [2.24, 2.45) is 0 Å². The van der Waals surface area contributed by atoms with Gasteiger partial charge in [-0.1, -0.05) is 448 Å². The van der Waals surface area contributed by atoms with E-state index in [4.69, 9.17) is 18.9 Å². The first kappa shape index (κ1) is 121. The first-order chi connectivity index (χ1) is 60.6. The number of allylic oxidation sites excluding steroid dienone is 8. The molecule has 0 saturated heterocycles. The van der Waals surface area contributed by atoms with Gasteiger partial charge in [0, 0.05) is 0 Å². The molecule has 0 bridgehead atoms. The molecule has 0 N–H and O–H groups in total. The molecule has 0 saturated carbocycles. The van der Waals surface area contributed by atoms with Crippen molar-refractivity contribution in [2.45, 2.75) is 525 Å². The van der Waals surface area contributed by atoms with Gasteiger partial charge in [-0.05, 0) is 153 Å². The molecular formula is C108H186CaO14S2. The molecule has 0 radical (unpaired) electrons. The van der Waals surface area contributed by atoms with Crippen LogP contribution in [0.1, 0.15) is 557 Å². The zero-order valence-electron chi connectivity index (χ0n) is 80.9. The summed E-state index contributed by atoms with van der Waals surface area (Å²) < 4.78 is 93.9. The van der Waals surface area contributed by atoms with Gasteiger partial charge in [-0.3, -0.25) is 0 Å². The van der Waals surface area contributed by atoms with Gasteiger partial charge in [-0.25, -0.2) is 36.0 Å². The summed E-state index contributed by atoms with van der Waals surface area (Å²) in [5.41, 5.74) is -1.56. The molecule has 125 heavy (non-hydrogen) atoms. The molecule has 0 aliphatic carbocycles. The van der Waals surface area contributed by atoms with Crippen molar-refractivity contribution in [2.75, 3.05) is 26.4 Å². The second-order valence-electron chi connectivity index (χ2n) is 35.6. The monoisotopic (exact) mass is 1810 g/mol. The van der Waals surface area contributed by atoms with E-state index in [1.54, 1.807) is 0 Å². The van der Waals surface area contributed by atoms with Gasteiger partial charge in [-0.15, -0.1) is 0 Å². The molecule has 0 amide bonds. The quantitative estimate of drug-likeness (QED) is 0.0150. The van der Waals surface area contributed by atoms with Gasteiger partial charge < -0.3 is 28.1 Å². The molecule has 0 spiro atoms. The van der Waals surface area contributed by atoms with Gasteiger partial charge in [0.25, 0.3) is 0 Å². The van der Waals surface area contributed by atoms with Crippen molar-refractivity contribution in [3.8, 4) is 0 Å². The minimum atomic E-state index is -5.02. The molecule has 2 aromatic rings. The number of benzene rings is 2. The normalized spacial score (nSPS) is 11.8. The van der Waals surface area contributed by atoms with Crippen LogP contribution in [-0.4, -0.2) is 114 Å². The summed E-state index contributed by atoms with van der Waals surface area (Å²) in [6.07, 6.45) is 112. The van der Waals surface area contributed by atoms with Crippen LogP contribution in [0.3, 0.4) is 0 Å². The smallest absolute Gasteiger partial charge is 0.744 e. The number of carbonyl (C=O) groups is 4. The van der Waals surface area contributed by atoms with Crippen LogP contribution in [0.2, 0.25) is 0 Å². The molecule has 0 aliphatic heterocycles. The molecule has 0 aromatic heterocycles. The van der Waals surface area contributed by atoms with Crippen LogP contribution in [0.15, 0.2) is 94.8 Å². The molecule has 2 rings (SSSR count). The maximum atomic E-state index is 13.1. The fraction of sp³-hybridized carbons (Fsp3) is 0.778. The van der Waals surface area contributed by atoms with Gasteiger partial charge in [-0.2, -0.15) is 0 Å². The summed E-state index contributed by atoms with van der Waals surface area (Å²) in [5.74, 6) is -3.62. The molecule has 0 unspecified atom stereocenters. The summed E-state index contributed by atoms with van der Waals surface area (Å²) in [6, 6.07) is 7.28. The average molecular weight is 1810 g/mol. The number of esters is 4. The van der Waals surface area contributed by atoms with Gasteiger partial charge in [0.2, 0.25) is 0 Å². The van der Waals surface area contributed by atoms with E-state index in [2.05, 4.69) is 76.3 Å². The van der Waals surface area contributed by atoms with Gasteiger partial charge in [0.15, 0.2) is 0 Å². The molecule has 14 nitrogen and oxygen atoms in total. The van der Waals surface area contributed by atoms with Crippen molar-refractivity contribution >= 4 is 81.9 Å². The first-order valence-corrected chi connectivity index (χ1v) is 54.9. The van der Waals surface area contributed by atoms with Crippen LogP contribution in [-0.2, 0) is 39.2 Å². The predicted octanol–water partition coefficient (Wildman–Crippen LogP) is 33.4. The van der Waals surface area contributed by atoms with E-state index in [0.717, 1.165) is 102 Å². The summed E-state index contributed by atoms with van der Waals surface area (Å²) in [7, 11) is -10.0. The molecule has 0 atom stereocenters. The van der Waals surface area contributed by atoms with Crippen LogP contribution in [0, 0.1) is 0 Å². The zero-order chi connectivity index (χ0) is 90.1. The van der Waals surface area contributed by atoms with Crippen molar-refractivity contribution in [3.63, 3.8) is 0 Å². The molecular weight excluding hydrogens is 1630 g/mol. The van der Waals surface area contributed by atoms with Gasteiger partial charge in [0.1, 0.15) is 20.2 Å². The Bertz CT molecular complexity index is 2950. The number of unbranched alkanes of at least 4 members (excludes halogenated alkanes) is 68. The van der Waals surface area contributed by atoms with E-state index in [-0.39, 0.29) is 75.3 Å². The van der Waals surface area contributed by atoms with Crippen LogP contribution in [0.25, 0.3) is 0 Å². The molecule has 716 valence electrons. The number of carbonyl (C=O) groups excluding carboxylic acids is 4. The summed E-state index contributed by atoms with van der Waals surface area (Å²) in [4.78, 5) is 50.6. The third-order valence-corrected chi connectivity index (χ3v) is 25.8. The summed E-state index contributed by atoms with van der Waals surface area (Å²) in [5, 5.41) is 0. The Morgan fingerprint density at radius 2 is 0.368 bits per heavy atom. The maximum absolute atomic E-state index is 13.1. The zero-order valence-corrected chi connectivity index (χ0v) is 84.7.